The molecule has 0 radical (unpaired) electrons. The zero-order valence-corrected chi connectivity index (χ0v) is 6.79. The highest BCUT2D eigenvalue weighted by Crippen LogP contribution is 2.57. The van der Waals surface area contributed by atoms with Crippen molar-refractivity contribution in [1.29, 1.82) is 0 Å². The van der Waals surface area contributed by atoms with E-state index in [9.17, 15) is 4.79 Å². The molecule has 0 aromatic rings. The summed E-state index contributed by atoms with van der Waals surface area (Å²) >= 11 is 0. The zero-order chi connectivity index (χ0) is 8.65. The molecule has 2 atom stereocenters. The lowest BCUT2D eigenvalue weighted by atomic mass is 10.1. The van der Waals surface area contributed by atoms with Gasteiger partial charge in [-0.15, -0.1) is 0 Å². The highest BCUT2D eigenvalue weighted by atomic mass is 16.3. The average molecular weight is 158 g/mol. The lowest BCUT2D eigenvalue weighted by molar-refractivity contribution is -0.123. The number of hydrazine groups is 1. The second-order valence-corrected chi connectivity index (χ2v) is 3.60. The fourth-order valence-electron chi connectivity index (χ4n) is 1.70. The van der Waals surface area contributed by atoms with Crippen LogP contribution >= 0.6 is 0 Å². The Kier molecular flexibility index (Phi) is 1.90. The van der Waals surface area contributed by atoms with Crippen LogP contribution in [-0.2, 0) is 4.79 Å². The van der Waals surface area contributed by atoms with Gasteiger partial charge in [0, 0.05) is 12.5 Å². The first kappa shape index (κ1) is 8.49. The highest BCUT2D eigenvalue weighted by molar-refractivity contribution is 5.82. The molecule has 0 bridgehead atoms. The van der Waals surface area contributed by atoms with E-state index in [1.807, 2.05) is 13.8 Å². The first-order chi connectivity index (χ1) is 5.05. The van der Waals surface area contributed by atoms with Crippen LogP contribution in [0, 0.1) is 17.3 Å². The predicted molar refractivity (Wildman–Crippen MR) is 40.2 cm³/mol. The average Bonchev–Trinajstić information content (AvgIpc) is 2.51. The van der Waals surface area contributed by atoms with Gasteiger partial charge in [0.05, 0.1) is 5.92 Å². The third-order valence-corrected chi connectivity index (χ3v) is 2.67. The number of carbonyl (C=O) groups is 1. The minimum absolute atomic E-state index is 0.0606. The summed E-state index contributed by atoms with van der Waals surface area (Å²) in [6.07, 6.45) is 0. The third kappa shape index (κ3) is 1.12. The van der Waals surface area contributed by atoms with Crippen molar-refractivity contribution in [2.45, 2.75) is 13.8 Å². The van der Waals surface area contributed by atoms with Crippen molar-refractivity contribution < 1.29 is 9.90 Å². The molecule has 4 N–H and O–H groups in total. The number of amides is 1. The molecule has 4 nitrogen and oxygen atoms in total. The summed E-state index contributed by atoms with van der Waals surface area (Å²) in [6, 6.07) is 0. The second kappa shape index (κ2) is 2.46. The molecule has 2 unspecified atom stereocenters. The number of nitrogens with one attached hydrogen (secondary N) is 1. The minimum atomic E-state index is -0.172. The van der Waals surface area contributed by atoms with E-state index in [0.29, 0.717) is 0 Å². The lowest BCUT2D eigenvalue weighted by Gasteiger charge is -1.99. The largest absolute Gasteiger partial charge is 0.396 e. The van der Waals surface area contributed by atoms with Gasteiger partial charge in [-0.3, -0.25) is 10.2 Å². The number of aliphatic hydroxyl groups excluding tert-OH is 1. The smallest absolute Gasteiger partial charge is 0.237 e. The van der Waals surface area contributed by atoms with Crippen LogP contribution in [0.5, 0.6) is 0 Å². The molecular weight excluding hydrogens is 144 g/mol. The Morgan fingerprint density at radius 2 is 2.27 bits per heavy atom. The number of hydrogen-bond donors (Lipinski definition) is 3. The van der Waals surface area contributed by atoms with Gasteiger partial charge in [0.15, 0.2) is 0 Å². The Bertz CT molecular complexity index is 179. The van der Waals surface area contributed by atoms with Crippen molar-refractivity contribution in [3.8, 4) is 0 Å². The Hall–Kier alpha value is -0.610. The highest BCUT2D eigenvalue weighted by Gasteiger charge is 2.61. The number of hydrogen-bond acceptors (Lipinski definition) is 3. The maximum absolute atomic E-state index is 11.0. The van der Waals surface area contributed by atoms with Gasteiger partial charge in [0.25, 0.3) is 0 Å². The van der Waals surface area contributed by atoms with Crippen LogP contribution in [0.1, 0.15) is 13.8 Å². The summed E-state index contributed by atoms with van der Waals surface area (Å²) in [4.78, 5) is 11.0. The van der Waals surface area contributed by atoms with Crippen LogP contribution in [0.15, 0.2) is 0 Å². The molecule has 1 aliphatic carbocycles. The summed E-state index contributed by atoms with van der Waals surface area (Å²) in [7, 11) is 0. The Labute approximate surface area is 65.7 Å². The van der Waals surface area contributed by atoms with E-state index < -0.39 is 0 Å². The van der Waals surface area contributed by atoms with Crippen molar-refractivity contribution in [3.63, 3.8) is 0 Å². The SMILES string of the molecule is CC1(C)C(CO)C1C(=O)NN. The molecule has 1 aliphatic rings. The number of nitrogens with two attached hydrogens (primary N) is 1. The fraction of sp³-hybridized carbons (Fsp3) is 0.857. The van der Waals surface area contributed by atoms with E-state index in [1.165, 1.54) is 0 Å². The molecule has 1 amide bonds. The maximum Gasteiger partial charge on any atom is 0.237 e. The summed E-state index contributed by atoms with van der Waals surface area (Å²) < 4.78 is 0. The van der Waals surface area contributed by atoms with Gasteiger partial charge in [-0.2, -0.15) is 0 Å². The van der Waals surface area contributed by atoms with Crippen LogP contribution in [0.3, 0.4) is 0 Å². The number of carbonyl (C=O) groups excluding carboxylic acids is 1. The monoisotopic (exact) mass is 158 g/mol. The van der Waals surface area contributed by atoms with Gasteiger partial charge >= 0.3 is 0 Å². The fourth-order valence-corrected chi connectivity index (χ4v) is 1.70. The molecule has 11 heavy (non-hydrogen) atoms. The van der Waals surface area contributed by atoms with E-state index in [-0.39, 0.29) is 29.8 Å². The van der Waals surface area contributed by atoms with E-state index >= 15 is 0 Å². The topological polar surface area (TPSA) is 75.3 Å². The van der Waals surface area contributed by atoms with Gasteiger partial charge in [-0.1, -0.05) is 13.8 Å². The normalized spacial score (nSPS) is 33.1. The van der Waals surface area contributed by atoms with Crippen LogP contribution < -0.4 is 11.3 Å². The summed E-state index contributed by atoms with van der Waals surface area (Å²) in [6.45, 7) is 3.96. The van der Waals surface area contributed by atoms with Crippen LogP contribution in [0.2, 0.25) is 0 Å². The summed E-state index contributed by atoms with van der Waals surface area (Å²) in [5, 5.41) is 8.84. The molecule has 4 heteroatoms. The van der Waals surface area contributed by atoms with E-state index in [1.54, 1.807) is 0 Å². The van der Waals surface area contributed by atoms with Crippen LogP contribution in [-0.4, -0.2) is 17.6 Å². The molecule has 1 saturated carbocycles. The van der Waals surface area contributed by atoms with Crippen LogP contribution in [0.25, 0.3) is 0 Å². The van der Waals surface area contributed by atoms with Crippen molar-refractivity contribution in [1.82, 2.24) is 5.43 Å². The van der Waals surface area contributed by atoms with Gasteiger partial charge in [0.1, 0.15) is 0 Å². The molecule has 0 aromatic heterocycles. The van der Waals surface area contributed by atoms with Crippen molar-refractivity contribution in [2.75, 3.05) is 6.61 Å². The van der Waals surface area contributed by atoms with Gasteiger partial charge < -0.3 is 5.11 Å². The molecule has 1 fully saturated rings. The Balaban J connectivity index is 2.58. The van der Waals surface area contributed by atoms with Gasteiger partial charge in [-0.25, -0.2) is 5.84 Å². The first-order valence-electron chi connectivity index (χ1n) is 3.67. The minimum Gasteiger partial charge on any atom is -0.396 e. The molecule has 1 rings (SSSR count). The van der Waals surface area contributed by atoms with Crippen molar-refractivity contribution >= 4 is 5.91 Å². The number of rotatable bonds is 2. The predicted octanol–water partition coefficient (Wildman–Crippen LogP) is -0.759. The van der Waals surface area contributed by atoms with Crippen molar-refractivity contribution in [2.24, 2.45) is 23.1 Å². The van der Waals surface area contributed by atoms with Crippen LogP contribution in [0.4, 0.5) is 0 Å². The lowest BCUT2D eigenvalue weighted by Crippen LogP contribution is -2.33. The molecule has 0 aliphatic heterocycles. The summed E-state index contributed by atoms with van der Waals surface area (Å²) in [5.41, 5.74) is 2.01. The first-order valence-corrected chi connectivity index (χ1v) is 3.67. The Morgan fingerprint density at radius 3 is 2.55 bits per heavy atom. The standard InChI is InChI=1S/C7H14N2O2/c1-7(2)4(3-10)5(7)6(11)9-8/h4-5,10H,3,8H2,1-2H3,(H,9,11). The molecule has 0 spiro atoms. The second-order valence-electron chi connectivity index (χ2n) is 3.60. The van der Waals surface area contributed by atoms with E-state index in [0.717, 1.165) is 0 Å². The quantitative estimate of drug-likeness (QED) is 0.281. The molecule has 64 valence electrons. The zero-order valence-electron chi connectivity index (χ0n) is 6.79. The van der Waals surface area contributed by atoms with Crippen molar-refractivity contribution in [3.05, 3.63) is 0 Å². The molecule has 0 aromatic carbocycles. The molecular formula is C7H14N2O2. The number of aliphatic hydroxyl groups is 1. The third-order valence-electron chi connectivity index (χ3n) is 2.67. The van der Waals surface area contributed by atoms with Gasteiger partial charge in [-0.05, 0) is 5.41 Å². The van der Waals surface area contributed by atoms with Gasteiger partial charge in [0.2, 0.25) is 5.91 Å². The summed E-state index contributed by atoms with van der Waals surface area (Å²) in [5.74, 6) is 4.76. The maximum atomic E-state index is 11.0. The van der Waals surface area contributed by atoms with E-state index in [4.69, 9.17) is 10.9 Å². The molecule has 0 saturated heterocycles. The Morgan fingerprint density at radius 1 is 1.73 bits per heavy atom. The van der Waals surface area contributed by atoms with E-state index in [2.05, 4.69) is 5.43 Å². The molecule has 0 heterocycles.